The number of anilines is 1. The van der Waals surface area contributed by atoms with Crippen molar-refractivity contribution in [1.29, 1.82) is 0 Å². The molecule has 5 heteroatoms. The van der Waals surface area contributed by atoms with Crippen molar-refractivity contribution in [2.75, 3.05) is 19.0 Å². The Morgan fingerprint density at radius 3 is 2.84 bits per heavy atom. The summed E-state index contributed by atoms with van der Waals surface area (Å²) in [4.78, 5) is 8.57. The number of aromatic nitrogens is 2. The summed E-state index contributed by atoms with van der Waals surface area (Å²) in [7, 11) is 1.64. The van der Waals surface area contributed by atoms with E-state index in [1.807, 2.05) is 24.3 Å². The molecule has 100 valence electrons. The lowest BCUT2D eigenvalue weighted by molar-refractivity contribution is 0.414. The van der Waals surface area contributed by atoms with Gasteiger partial charge in [-0.3, -0.25) is 0 Å². The number of halogens is 1. The summed E-state index contributed by atoms with van der Waals surface area (Å²) in [6.45, 7) is 2.96. The monoisotopic (exact) mass is 321 g/mol. The lowest BCUT2D eigenvalue weighted by Gasteiger charge is -2.12. The van der Waals surface area contributed by atoms with Crippen molar-refractivity contribution in [2.45, 2.75) is 13.3 Å². The second kappa shape index (κ2) is 6.52. The summed E-state index contributed by atoms with van der Waals surface area (Å²) >= 11 is 3.47. The first-order chi connectivity index (χ1) is 9.26. The lowest BCUT2D eigenvalue weighted by Crippen LogP contribution is -2.05. The molecule has 0 aliphatic heterocycles. The molecule has 0 saturated heterocycles. The molecular formula is C14H16BrN3O. The number of methoxy groups -OCH3 is 1. The predicted octanol–water partition coefficient (Wildman–Crippen LogP) is 3.74. The fourth-order valence-corrected chi connectivity index (χ4v) is 2.18. The van der Waals surface area contributed by atoms with Crippen molar-refractivity contribution in [3.8, 4) is 17.0 Å². The van der Waals surface area contributed by atoms with E-state index < -0.39 is 0 Å². The third-order valence-corrected chi connectivity index (χ3v) is 3.14. The maximum Gasteiger partial charge on any atom is 0.187 e. The van der Waals surface area contributed by atoms with E-state index in [1.165, 1.54) is 0 Å². The maximum atomic E-state index is 5.47. The Morgan fingerprint density at radius 1 is 1.32 bits per heavy atom. The average molecular weight is 322 g/mol. The van der Waals surface area contributed by atoms with Crippen LogP contribution in [0, 0.1) is 0 Å². The first-order valence-corrected chi connectivity index (χ1v) is 6.94. The summed E-state index contributed by atoms with van der Waals surface area (Å²) < 4.78 is 6.47. The average Bonchev–Trinajstić information content (AvgIpc) is 2.44. The molecule has 0 unspecified atom stereocenters. The zero-order chi connectivity index (χ0) is 13.7. The van der Waals surface area contributed by atoms with Crippen molar-refractivity contribution < 1.29 is 4.74 Å². The Kier molecular flexibility index (Phi) is 4.74. The standard InChI is InChI=1S/C14H16BrN3O/c1-3-7-16-14-13(19-2)12(17-9-18-14)10-5-4-6-11(15)8-10/h4-6,8-9H,3,7H2,1-2H3,(H,16,17,18). The van der Waals surface area contributed by atoms with Crippen molar-refractivity contribution in [3.63, 3.8) is 0 Å². The van der Waals surface area contributed by atoms with Gasteiger partial charge in [-0.2, -0.15) is 0 Å². The van der Waals surface area contributed by atoms with Crippen molar-refractivity contribution >= 4 is 21.7 Å². The maximum absolute atomic E-state index is 5.47. The molecule has 2 aromatic rings. The van der Waals surface area contributed by atoms with Crippen molar-refractivity contribution in [3.05, 3.63) is 35.1 Å². The van der Waals surface area contributed by atoms with Crippen LogP contribution in [0.5, 0.6) is 5.75 Å². The molecule has 0 aliphatic rings. The van der Waals surface area contributed by atoms with Gasteiger partial charge in [0.05, 0.1) is 7.11 Å². The number of ether oxygens (including phenoxy) is 1. The Morgan fingerprint density at radius 2 is 2.16 bits per heavy atom. The molecule has 0 amide bonds. The largest absolute Gasteiger partial charge is 0.491 e. The summed E-state index contributed by atoms with van der Waals surface area (Å²) in [5.41, 5.74) is 1.78. The van der Waals surface area contributed by atoms with E-state index in [0.29, 0.717) is 5.75 Å². The number of benzene rings is 1. The number of nitrogens with zero attached hydrogens (tertiary/aromatic N) is 2. The number of hydrogen-bond donors (Lipinski definition) is 1. The van der Waals surface area contributed by atoms with Gasteiger partial charge in [-0.05, 0) is 18.6 Å². The van der Waals surface area contributed by atoms with Gasteiger partial charge in [-0.25, -0.2) is 9.97 Å². The van der Waals surface area contributed by atoms with Gasteiger partial charge in [-0.1, -0.05) is 35.0 Å². The first kappa shape index (κ1) is 13.8. The van der Waals surface area contributed by atoms with Gasteiger partial charge >= 0.3 is 0 Å². The van der Waals surface area contributed by atoms with Gasteiger partial charge in [0.1, 0.15) is 12.0 Å². The molecule has 0 fully saturated rings. The second-order valence-electron chi connectivity index (χ2n) is 4.04. The normalized spacial score (nSPS) is 10.3. The minimum Gasteiger partial charge on any atom is -0.491 e. The van der Waals surface area contributed by atoms with E-state index in [9.17, 15) is 0 Å². The van der Waals surface area contributed by atoms with E-state index in [4.69, 9.17) is 4.74 Å². The molecule has 1 aromatic carbocycles. The Balaban J connectivity index is 2.45. The highest BCUT2D eigenvalue weighted by Crippen LogP contribution is 2.33. The van der Waals surface area contributed by atoms with Gasteiger partial charge < -0.3 is 10.1 Å². The molecule has 1 aromatic heterocycles. The van der Waals surface area contributed by atoms with Crippen LogP contribution in [0.25, 0.3) is 11.3 Å². The van der Waals surface area contributed by atoms with Crippen LogP contribution in [0.1, 0.15) is 13.3 Å². The zero-order valence-electron chi connectivity index (χ0n) is 11.0. The quantitative estimate of drug-likeness (QED) is 0.911. The molecule has 1 heterocycles. The van der Waals surface area contributed by atoms with E-state index in [1.54, 1.807) is 13.4 Å². The highest BCUT2D eigenvalue weighted by Gasteiger charge is 2.13. The lowest BCUT2D eigenvalue weighted by atomic mass is 10.1. The molecule has 0 spiro atoms. The fourth-order valence-electron chi connectivity index (χ4n) is 1.78. The van der Waals surface area contributed by atoms with Crippen LogP contribution in [0.2, 0.25) is 0 Å². The van der Waals surface area contributed by atoms with Crippen LogP contribution in [-0.4, -0.2) is 23.6 Å². The Hall–Kier alpha value is -1.62. The van der Waals surface area contributed by atoms with Gasteiger partial charge in [-0.15, -0.1) is 0 Å². The minimum absolute atomic E-state index is 0.675. The predicted molar refractivity (Wildman–Crippen MR) is 80.5 cm³/mol. The topological polar surface area (TPSA) is 47.0 Å². The third kappa shape index (κ3) is 3.23. The minimum atomic E-state index is 0.675. The van der Waals surface area contributed by atoms with Crippen LogP contribution >= 0.6 is 15.9 Å². The van der Waals surface area contributed by atoms with Gasteiger partial charge in [0, 0.05) is 16.6 Å². The van der Waals surface area contributed by atoms with Gasteiger partial charge in [0.15, 0.2) is 11.6 Å². The number of hydrogen-bond acceptors (Lipinski definition) is 4. The van der Waals surface area contributed by atoms with Crippen molar-refractivity contribution in [2.24, 2.45) is 0 Å². The van der Waals surface area contributed by atoms with E-state index in [0.717, 1.165) is 34.5 Å². The molecule has 0 saturated carbocycles. The summed E-state index contributed by atoms with van der Waals surface area (Å²) in [6, 6.07) is 7.96. The number of rotatable bonds is 5. The van der Waals surface area contributed by atoms with Crippen molar-refractivity contribution in [1.82, 2.24) is 9.97 Å². The molecule has 0 atom stereocenters. The van der Waals surface area contributed by atoms with Crippen LogP contribution < -0.4 is 10.1 Å². The zero-order valence-corrected chi connectivity index (χ0v) is 12.6. The van der Waals surface area contributed by atoms with E-state index >= 15 is 0 Å². The fraction of sp³-hybridized carbons (Fsp3) is 0.286. The molecule has 4 nitrogen and oxygen atoms in total. The van der Waals surface area contributed by atoms with Crippen LogP contribution in [-0.2, 0) is 0 Å². The summed E-state index contributed by atoms with van der Waals surface area (Å²) in [5.74, 6) is 1.41. The summed E-state index contributed by atoms with van der Waals surface area (Å²) in [5, 5.41) is 3.25. The third-order valence-electron chi connectivity index (χ3n) is 2.65. The smallest absolute Gasteiger partial charge is 0.187 e. The molecular weight excluding hydrogens is 306 g/mol. The molecule has 0 radical (unpaired) electrons. The highest BCUT2D eigenvalue weighted by molar-refractivity contribution is 9.10. The van der Waals surface area contributed by atoms with Crippen LogP contribution in [0.3, 0.4) is 0 Å². The van der Waals surface area contributed by atoms with Crippen LogP contribution in [0.15, 0.2) is 35.1 Å². The molecule has 0 aliphatic carbocycles. The van der Waals surface area contributed by atoms with E-state index in [2.05, 4.69) is 38.1 Å². The molecule has 0 bridgehead atoms. The Labute approximate surface area is 121 Å². The number of nitrogens with one attached hydrogen (secondary N) is 1. The van der Waals surface area contributed by atoms with E-state index in [-0.39, 0.29) is 0 Å². The second-order valence-corrected chi connectivity index (χ2v) is 4.96. The van der Waals surface area contributed by atoms with Crippen LogP contribution in [0.4, 0.5) is 5.82 Å². The summed E-state index contributed by atoms with van der Waals surface area (Å²) in [6.07, 6.45) is 2.58. The Bertz CT molecular complexity index is 560. The highest BCUT2D eigenvalue weighted by atomic mass is 79.9. The SMILES string of the molecule is CCCNc1ncnc(-c2cccc(Br)c2)c1OC. The first-order valence-electron chi connectivity index (χ1n) is 6.15. The van der Waals surface area contributed by atoms with Gasteiger partial charge in [0.25, 0.3) is 0 Å². The molecule has 19 heavy (non-hydrogen) atoms. The molecule has 2 rings (SSSR count). The molecule has 1 N–H and O–H groups in total. The van der Waals surface area contributed by atoms with Gasteiger partial charge in [0.2, 0.25) is 0 Å².